The second kappa shape index (κ2) is 15.7. The summed E-state index contributed by atoms with van der Waals surface area (Å²) in [6, 6.07) is 4.45. The monoisotopic (exact) mass is 564 g/mol. The summed E-state index contributed by atoms with van der Waals surface area (Å²) in [4.78, 5) is 35.1. The number of fused-ring (bicyclic) bond motifs is 2. The molecule has 2 atom stereocenters. The summed E-state index contributed by atoms with van der Waals surface area (Å²) in [5.41, 5.74) is 6.56. The van der Waals surface area contributed by atoms with Gasteiger partial charge in [0.15, 0.2) is 0 Å². The molecule has 0 saturated carbocycles. The molecular formula is C33H45ClN4O2. The predicted octanol–water partition coefficient (Wildman–Crippen LogP) is 6.79. The van der Waals surface area contributed by atoms with E-state index in [1.165, 1.54) is 40.7 Å². The molecule has 4 heterocycles. The Morgan fingerprint density at radius 3 is 2.05 bits per heavy atom. The Kier molecular flexibility index (Phi) is 12.4. The average molecular weight is 565 g/mol. The topological polar surface area (TPSA) is 66.4 Å². The number of nitrogens with zero attached hydrogens (tertiary/aromatic N) is 4. The van der Waals surface area contributed by atoms with Crippen LogP contribution in [0, 0.1) is 11.8 Å². The molecule has 0 aromatic carbocycles. The Labute approximate surface area is 245 Å². The number of carbonyl (C=O) groups excluding carboxylic acids is 2. The lowest BCUT2D eigenvalue weighted by Gasteiger charge is -2.17. The maximum atomic E-state index is 12.0. The fourth-order valence-corrected chi connectivity index (χ4v) is 6.08. The van der Waals surface area contributed by atoms with E-state index in [2.05, 4.69) is 42.0 Å². The summed E-state index contributed by atoms with van der Waals surface area (Å²) < 4.78 is 0. The molecule has 0 spiro atoms. The van der Waals surface area contributed by atoms with Crippen molar-refractivity contribution in [3.05, 3.63) is 70.8 Å². The number of hydrogen-bond donors (Lipinski definition) is 0. The highest BCUT2D eigenvalue weighted by atomic mass is 35.5. The average Bonchev–Trinajstić information content (AvgIpc) is 3.72. The number of hydrogen-bond acceptors (Lipinski definition) is 4. The maximum absolute atomic E-state index is 12.0. The van der Waals surface area contributed by atoms with Crippen LogP contribution >= 0.6 is 11.6 Å². The predicted molar refractivity (Wildman–Crippen MR) is 165 cm³/mol. The molecule has 2 fully saturated rings. The van der Waals surface area contributed by atoms with Crippen LogP contribution in [0.4, 0.5) is 0 Å². The molecule has 2 aromatic rings. The quantitative estimate of drug-likeness (QED) is 0.274. The minimum Gasteiger partial charge on any atom is -0.338 e. The number of pyridine rings is 2. The van der Waals surface area contributed by atoms with Crippen molar-refractivity contribution in [3.8, 4) is 0 Å². The Balaban J connectivity index is 0.000000179. The summed E-state index contributed by atoms with van der Waals surface area (Å²) in [6.07, 6.45) is 22.2. The van der Waals surface area contributed by atoms with Gasteiger partial charge >= 0.3 is 0 Å². The van der Waals surface area contributed by atoms with E-state index in [9.17, 15) is 9.59 Å². The summed E-state index contributed by atoms with van der Waals surface area (Å²) in [5, 5.41) is 0. The Morgan fingerprint density at radius 1 is 0.875 bits per heavy atom. The van der Waals surface area contributed by atoms with E-state index in [0.717, 1.165) is 51.7 Å². The fraction of sp³-hybridized carbons (Fsp3) is 0.515. The third-order valence-corrected chi connectivity index (χ3v) is 8.10. The highest BCUT2D eigenvalue weighted by Gasteiger charge is 2.30. The third kappa shape index (κ3) is 8.50. The molecule has 2 aliphatic carbocycles. The van der Waals surface area contributed by atoms with Gasteiger partial charge in [0.05, 0.1) is 6.00 Å². The van der Waals surface area contributed by atoms with Crippen molar-refractivity contribution in [1.29, 1.82) is 0 Å². The van der Waals surface area contributed by atoms with Crippen molar-refractivity contribution in [2.45, 2.75) is 72.6 Å². The number of aromatic nitrogens is 2. The molecule has 216 valence electrons. The van der Waals surface area contributed by atoms with E-state index in [4.69, 9.17) is 11.6 Å². The first kappa shape index (κ1) is 31.5. The van der Waals surface area contributed by atoms with Crippen LogP contribution in [0.25, 0.3) is 12.2 Å². The molecule has 6 rings (SSSR count). The third-order valence-electron chi connectivity index (χ3n) is 7.82. The summed E-state index contributed by atoms with van der Waals surface area (Å²) >= 11 is 5.57. The van der Waals surface area contributed by atoms with Gasteiger partial charge in [-0.2, -0.15) is 0 Å². The second-order valence-electron chi connectivity index (χ2n) is 11.0. The van der Waals surface area contributed by atoms with Crippen LogP contribution < -0.4 is 0 Å². The number of carbonyl (C=O) groups is 2. The fourth-order valence-electron chi connectivity index (χ4n) is 5.85. The smallest absolute Gasteiger partial charge is 0.223 e. The highest BCUT2D eigenvalue weighted by Crippen LogP contribution is 2.28. The summed E-state index contributed by atoms with van der Waals surface area (Å²) in [7, 11) is 0. The van der Waals surface area contributed by atoms with Crippen molar-refractivity contribution in [2.24, 2.45) is 11.8 Å². The van der Waals surface area contributed by atoms with Gasteiger partial charge in [-0.1, -0.05) is 52.3 Å². The van der Waals surface area contributed by atoms with Crippen LogP contribution in [0.1, 0.15) is 82.1 Å². The molecule has 2 aliphatic heterocycles. The van der Waals surface area contributed by atoms with Gasteiger partial charge in [0.2, 0.25) is 11.8 Å². The lowest BCUT2D eigenvalue weighted by molar-refractivity contribution is -0.128. The number of likely N-dealkylation sites (tertiary alicyclic amines) is 2. The SMILES string of the molecule is C.C1=Cc2ccncc2C1.CCCC1CC(=O)N(CC2=Cc3ccncc3C2)C1.CCCC1CC(=O)N(CCl)C1. The molecule has 4 aliphatic rings. The highest BCUT2D eigenvalue weighted by molar-refractivity contribution is 6.18. The molecule has 0 radical (unpaired) electrons. The van der Waals surface area contributed by atoms with Gasteiger partial charge in [-0.05, 0) is 77.5 Å². The van der Waals surface area contributed by atoms with E-state index >= 15 is 0 Å². The summed E-state index contributed by atoms with van der Waals surface area (Å²) in [5.74, 6) is 1.68. The molecule has 40 heavy (non-hydrogen) atoms. The number of allylic oxidation sites excluding steroid dienone is 1. The van der Waals surface area contributed by atoms with Gasteiger partial charge in [0.1, 0.15) is 0 Å². The largest absolute Gasteiger partial charge is 0.338 e. The van der Waals surface area contributed by atoms with Crippen molar-refractivity contribution in [3.63, 3.8) is 0 Å². The van der Waals surface area contributed by atoms with Gasteiger partial charge in [-0.25, -0.2) is 0 Å². The number of rotatable bonds is 7. The van der Waals surface area contributed by atoms with E-state index in [0.29, 0.717) is 30.2 Å². The first-order valence-corrected chi connectivity index (χ1v) is 14.9. The molecular weight excluding hydrogens is 520 g/mol. The number of alkyl halides is 1. The van der Waals surface area contributed by atoms with Gasteiger partial charge in [0, 0.05) is 57.3 Å². The van der Waals surface area contributed by atoms with E-state index in [-0.39, 0.29) is 13.3 Å². The molecule has 0 bridgehead atoms. The van der Waals surface area contributed by atoms with Crippen LogP contribution in [0.15, 0.2) is 48.6 Å². The minimum atomic E-state index is 0. The van der Waals surface area contributed by atoms with Gasteiger partial charge < -0.3 is 9.80 Å². The van der Waals surface area contributed by atoms with Gasteiger partial charge in [-0.3, -0.25) is 19.6 Å². The van der Waals surface area contributed by atoms with Crippen molar-refractivity contribution < 1.29 is 9.59 Å². The van der Waals surface area contributed by atoms with E-state index in [1.54, 1.807) is 4.90 Å². The van der Waals surface area contributed by atoms with Crippen molar-refractivity contribution in [1.82, 2.24) is 19.8 Å². The lowest BCUT2D eigenvalue weighted by Crippen LogP contribution is -2.27. The van der Waals surface area contributed by atoms with E-state index in [1.807, 2.05) is 41.8 Å². The Morgan fingerprint density at radius 2 is 1.48 bits per heavy atom. The number of halogens is 1. The summed E-state index contributed by atoms with van der Waals surface area (Å²) in [6.45, 7) is 6.95. The first-order valence-electron chi connectivity index (χ1n) is 14.3. The van der Waals surface area contributed by atoms with Crippen molar-refractivity contribution >= 4 is 35.6 Å². The minimum absolute atomic E-state index is 0. The number of amides is 2. The second-order valence-corrected chi connectivity index (χ2v) is 11.2. The molecule has 2 saturated heterocycles. The van der Waals surface area contributed by atoms with Crippen LogP contribution in [0.3, 0.4) is 0 Å². The van der Waals surface area contributed by atoms with Crippen LogP contribution in [-0.2, 0) is 22.4 Å². The van der Waals surface area contributed by atoms with Crippen molar-refractivity contribution in [2.75, 3.05) is 25.6 Å². The standard InChI is InChI=1S/C16H20N2O.C8H14ClNO.C8H7N.CH4/c1-2-3-12-8-16(19)18(10-12)11-13-6-14-4-5-17-9-15(14)7-13;1-2-3-7-4-8(11)10(5-7)6-9;1-2-7-4-5-9-6-8(7)3-1;/h4-6,9,12H,2-3,7-8,10-11H2,1H3;7H,2-6H2,1H3;1-2,4-6H,3H2;1H4. The Bertz CT molecular complexity index is 1190. The molecule has 6 nitrogen and oxygen atoms in total. The molecule has 2 aromatic heterocycles. The Hall–Kier alpha value is -2.99. The van der Waals surface area contributed by atoms with Crippen LogP contribution in [-0.4, -0.2) is 57.2 Å². The zero-order valence-electron chi connectivity index (χ0n) is 23.3. The zero-order chi connectivity index (χ0) is 27.6. The van der Waals surface area contributed by atoms with E-state index < -0.39 is 0 Å². The molecule has 0 N–H and O–H groups in total. The molecule has 2 unspecified atom stereocenters. The molecule has 7 heteroatoms. The lowest BCUT2D eigenvalue weighted by atomic mass is 10.0. The first-order chi connectivity index (χ1) is 19.0. The van der Waals surface area contributed by atoms with Crippen LogP contribution in [0.5, 0.6) is 0 Å². The van der Waals surface area contributed by atoms with Crippen LogP contribution in [0.2, 0.25) is 0 Å². The zero-order valence-corrected chi connectivity index (χ0v) is 24.1. The normalized spacial score (nSPS) is 20.2. The maximum Gasteiger partial charge on any atom is 0.223 e. The molecule has 2 amide bonds. The van der Waals surface area contributed by atoms with Gasteiger partial charge in [0.25, 0.3) is 0 Å². The van der Waals surface area contributed by atoms with Gasteiger partial charge in [-0.15, -0.1) is 11.6 Å².